The molecule has 82 valence electrons. The molecule has 0 aromatic carbocycles. The highest BCUT2D eigenvalue weighted by Crippen LogP contribution is 2.13. The molecule has 0 unspecified atom stereocenters. The number of hydrogen-bond donors (Lipinski definition) is 1. The Morgan fingerprint density at radius 2 is 2.38 bits per heavy atom. The Kier molecular flexibility index (Phi) is 2.91. The number of anilines is 1. The van der Waals surface area contributed by atoms with E-state index in [4.69, 9.17) is 0 Å². The first-order valence-corrected chi connectivity index (χ1v) is 5.12. The summed E-state index contributed by atoms with van der Waals surface area (Å²) in [6, 6.07) is 3.45. The first-order chi connectivity index (χ1) is 7.66. The molecule has 16 heavy (non-hydrogen) atoms. The smallest absolute Gasteiger partial charge is 0.277 e. The van der Waals surface area contributed by atoms with E-state index < -0.39 is 0 Å². The fraction of sp³-hybridized carbons (Fsp3) is 0.125. The molecule has 2 aromatic rings. The maximum Gasteiger partial charge on any atom is 0.277 e. The third-order valence-corrected chi connectivity index (χ3v) is 2.35. The van der Waals surface area contributed by atoms with Crippen LogP contribution in [0.25, 0.3) is 0 Å². The topological polar surface area (TPSA) is 85.6 Å². The average Bonchev–Trinajstić information content (AvgIpc) is 2.64. The number of carbonyl (C=O) groups excluding carboxylic acids is 1. The molecule has 1 N–H and O–H groups in total. The number of aromatic nitrogens is 5. The van der Waals surface area contributed by atoms with Crippen molar-refractivity contribution in [1.82, 2.24) is 25.2 Å². The third kappa shape index (κ3) is 2.22. The Hall–Kier alpha value is -1.83. The van der Waals surface area contributed by atoms with Crippen molar-refractivity contribution in [3.8, 4) is 0 Å². The van der Waals surface area contributed by atoms with Crippen LogP contribution < -0.4 is 5.32 Å². The van der Waals surface area contributed by atoms with E-state index in [0.29, 0.717) is 4.47 Å². The van der Waals surface area contributed by atoms with E-state index in [1.54, 1.807) is 19.2 Å². The van der Waals surface area contributed by atoms with Crippen molar-refractivity contribution in [2.24, 2.45) is 7.05 Å². The van der Waals surface area contributed by atoms with Crippen molar-refractivity contribution in [2.75, 3.05) is 5.32 Å². The fourth-order valence-corrected chi connectivity index (χ4v) is 1.48. The predicted molar refractivity (Wildman–Crippen MR) is 58.7 cm³/mol. The second kappa shape index (κ2) is 4.35. The zero-order chi connectivity index (χ0) is 11.5. The highest BCUT2D eigenvalue weighted by Gasteiger charge is 2.13. The van der Waals surface area contributed by atoms with E-state index in [9.17, 15) is 4.79 Å². The Morgan fingerprint density at radius 3 is 3.00 bits per heavy atom. The fourth-order valence-electron chi connectivity index (χ4n) is 1.05. The number of halogens is 1. The molecule has 1 amide bonds. The Morgan fingerprint density at radius 1 is 1.56 bits per heavy atom. The normalized spacial score (nSPS) is 10.1. The van der Waals surface area contributed by atoms with Crippen LogP contribution in [0.4, 0.5) is 5.95 Å². The van der Waals surface area contributed by atoms with Gasteiger partial charge in [0.25, 0.3) is 11.9 Å². The van der Waals surface area contributed by atoms with Crippen LogP contribution in [0.2, 0.25) is 0 Å². The molecule has 0 fully saturated rings. The first kappa shape index (κ1) is 10.7. The van der Waals surface area contributed by atoms with Crippen LogP contribution in [-0.2, 0) is 7.05 Å². The maximum absolute atomic E-state index is 11.7. The average molecular weight is 283 g/mol. The summed E-state index contributed by atoms with van der Waals surface area (Å²) in [6.45, 7) is 0. The molecule has 0 saturated carbocycles. The van der Waals surface area contributed by atoms with Gasteiger partial charge in [0.15, 0.2) is 0 Å². The van der Waals surface area contributed by atoms with Crippen molar-refractivity contribution in [3.05, 3.63) is 28.5 Å². The minimum Gasteiger partial charge on any atom is -0.286 e. The number of tetrazole rings is 1. The summed E-state index contributed by atoms with van der Waals surface area (Å²) in [6.07, 6.45) is 1.53. The van der Waals surface area contributed by atoms with Gasteiger partial charge in [-0.25, -0.2) is 4.98 Å². The Balaban J connectivity index is 2.18. The summed E-state index contributed by atoms with van der Waals surface area (Å²) in [4.78, 5) is 16.9. The number of nitrogens with one attached hydrogen (secondary N) is 1. The standard InChI is InChI=1S/C8H7BrN6O/c1-15-13-8(12-14-15)11-7(16)6-5(9)3-2-4-10-6/h2-4H,1H3,(H,11,13,16). The third-order valence-electron chi connectivity index (χ3n) is 1.71. The second-order valence-electron chi connectivity index (χ2n) is 2.89. The van der Waals surface area contributed by atoms with Crippen LogP contribution in [0.15, 0.2) is 22.8 Å². The minimum atomic E-state index is -0.388. The van der Waals surface area contributed by atoms with Gasteiger partial charge in [-0.3, -0.25) is 10.1 Å². The van der Waals surface area contributed by atoms with E-state index in [2.05, 4.69) is 41.6 Å². The van der Waals surface area contributed by atoms with Gasteiger partial charge in [0, 0.05) is 10.7 Å². The van der Waals surface area contributed by atoms with E-state index >= 15 is 0 Å². The Bertz CT molecular complexity index is 525. The largest absolute Gasteiger partial charge is 0.286 e. The van der Waals surface area contributed by atoms with E-state index in [-0.39, 0.29) is 17.5 Å². The van der Waals surface area contributed by atoms with Crippen molar-refractivity contribution < 1.29 is 4.79 Å². The van der Waals surface area contributed by atoms with Crippen LogP contribution in [0.3, 0.4) is 0 Å². The molecule has 2 heterocycles. The molecule has 7 nitrogen and oxygen atoms in total. The van der Waals surface area contributed by atoms with Gasteiger partial charge in [0.05, 0.1) is 7.05 Å². The van der Waals surface area contributed by atoms with Gasteiger partial charge in [-0.05, 0) is 33.3 Å². The molecule has 0 atom stereocenters. The number of hydrogen-bond acceptors (Lipinski definition) is 5. The number of aryl methyl sites for hydroxylation is 1. The molecule has 0 radical (unpaired) electrons. The van der Waals surface area contributed by atoms with Crippen molar-refractivity contribution in [2.45, 2.75) is 0 Å². The van der Waals surface area contributed by atoms with E-state index in [0.717, 1.165) is 0 Å². The lowest BCUT2D eigenvalue weighted by Gasteiger charge is -2.01. The van der Waals surface area contributed by atoms with Gasteiger partial charge in [0.2, 0.25) is 0 Å². The maximum atomic E-state index is 11.7. The van der Waals surface area contributed by atoms with Crippen LogP contribution in [0.5, 0.6) is 0 Å². The van der Waals surface area contributed by atoms with Gasteiger partial charge >= 0.3 is 0 Å². The summed E-state index contributed by atoms with van der Waals surface area (Å²) in [5.41, 5.74) is 0.273. The lowest BCUT2D eigenvalue weighted by molar-refractivity contribution is 0.102. The molecule has 0 saturated heterocycles. The molecule has 2 rings (SSSR count). The van der Waals surface area contributed by atoms with Crippen LogP contribution in [-0.4, -0.2) is 31.1 Å². The van der Waals surface area contributed by atoms with Gasteiger partial charge in [0.1, 0.15) is 5.69 Å². The lowest BCUT2D eigenvalue weighted by atomic mass is 10.3. The number of carbonyl (C=O) groups is 1. The number of amides is 1. The van der Waals surface area contributed by atoms with Crippen LogP contribution >= 0.6 is 15.9 Å². The second-order valence-corrected chi connectivity index (χ2v) is 3.74. The summed E-state index contributed by atoms with van der Waals surface area (Å²) < 4.78 is 0.608. The number of nitrogens with zero attached hydrogens (tertiary/aromatic N) is 5. The van der Waals surface area contributed by atoms with Crippen LogP contribution in [0, 0.1) is 0 Å². The van der Waals surface area contributed by atoms with Crippen molar-refractivity contribution in [1.29, 1.82) is 0 Å². The SMILES string of the molecule is Cn1nnc(NC(=O)c2ncccc2Br)n1. The summed E-state index contributed by atoms with van der Waals surface area (Å²) in [7, 11) is 1.61. The zero-order valence-corrected chi connectivity index (χ0v) is 9.84. The van der Waals surface area contributed by atoms with Crippen molar-refractivity contribution in [3.63, 3.8) is 0 Å². The molecule has 8 heteroatoms. The summed E-state index contributed by atoms with van der Waals surface area (Å²) in [5.74, 6) is -0.245. The molecular formula is C8H7BrN6O. The summed E-state index contributed by atoms with van der Waals surface area (Å²) >= 11 is 3.23. The van der Waals surface area contributed by atoms with Crippen LogP contribution in [0.1, 0.15) is 10.5 Å². The monoisotopic (exact) mass is 282 g/mol. The molecule has 0 aliphatic heterocycles. The summed E-state index contributed by atoms with van der Waals surface area (Å²) in [5, 5.41) is 13.5. The first-order valence-electron chi connectivity index (χ1n) is 4.32. The molecule has 0 spiro atoms. The quantitative estimate of drug-likeness (QED) is 0.873. The highest BCUT2D eigenvalue weighted by atomic mass is 79.9. The van der Waals surface area contributed by atoms with E-state index in [1.807, 2.05) is 0 Å². The zero-order valence-electron chi connectivity index (χ0n) is 8.25. The molecule has 0 bridgehead atoms. The highest BCUT2D eigenvalue weighted by molar-refractivity contribution is 9.10. The molecule has 0 aliphatic carbocycles. The lowest BCUT2D eigenvalue weighted by Crippen LogP contribution is -2.15. The van der Waals surface area contributed by atoms with Gasteiger partial charge < -0.3 is 0 Å². The number of rotatable bonds is 2. The number of pyridine rings is 1. The molecule has 2 aromatic heterocycles. The molecular weight excluding hydrogens is 276 g/mol. The predicted octanol–water partition coefficient (Wildman–Crippen LogP) is 0.620. The van der Waals surface area contributed by atoms with Gasteiger partial charge in [-0.2, -0.15) is 4.80 Å². The van der Waals surface area contributed by atoms with Gasteiger partial charge in [-0.15, -0.1) is 5.10 Å². The minimum absolute atomic E-state index is 0.144. The Labute approximate surface area is 99.0 Å². The molecule has 0 aliphatic rings. The van der Waals surface area contributed by atoms with E-state index in [1.165, 1.54) is 11.0 Å². The van der Waals surface area contributed by atoms with Crippen molar-refractivity contribution >= 4 is 27.8 Å². The van der Waals surface area contributed by atoms with Gasteiger partial charge in [-0.1, -0.05) is 5.10 Å².